The number of ether oxygens (including phenoxy) is 2. The van der Waals surface area contributed by atoms with Gasteiger partial charge in [-0.15, -0.1) is 0 Å². The van der Waals surface area contributed by atoms with E-state index in [1.165, 1.54) is 30.2 Å². The molecule has 0 spiro atoms. The average Bonchev–Trinajstić information content (AvgIpc) is 3.50. The second-order valence-electron chi connectivity index (χ2n) is 8.63. The van der Waals surface area contributed by atoms with Crippen molar-refractivity contribution in [1.82, 2.24) is 0 Å². The van der Waals surface area contributed by atoms with E-state index in [1.807, 2.05) is 6.07 Å². The minimum Gasteiger partial charge on any atom is -0.507 e. The Bertz CT molecular complexity index is 811. The lowest BCUT2D eigenvalue weighted by Crippen LogP contribution is -2.18. The van der Waals surface area contributed by atoms with Crippen LogP contribution < -0.4 is 4.74 Å². The summed E-state index contributed by atoms with van der Waals surface area (Å²) in [5.41, 5.74) is 4.43. The molecule has 0 saturated carbocycles. The number of phenols is 1. The molecule has 1 aromatic rings. The van der Waals surface area contributed by atoms with E-state index in [2.05, 4.69) is 39.5 Å². The standard InChI is InChI=1S/C25H34O3S2/c1-5-6-7-8-18-12-22(26)24(21-11-17(4)9-10-20(21)16(2)3)23(13-18)28-25(29)30-15-19-14-27-19/h11-13,19-21,26H,2,5-10,14-15H2,1,3-4H3/t19?,20-,21+/m0/s1. The van der Waals surface area contributed by atoms with E-state index in [4.69, 9.17) is 21.7 Å². The number of allylic oxidation sites excluding steroid dienone is 3. The number of thioether (sulfide) groups is 1. The van der Waals surface area contributed by atoms with Gasteiger partial charge < -0.3 is 14.6 Å². The van der Waals surface area contributed by atoms with E-state index in [-0.39, 0.29) is 11.8 Å². The highest BCUT2D eigenvalue weighted by Gasteiger charge is 2.31. The van der Waals surface area contributed by atoms with Crippen LogP contribution in [0.3, 0.4) is 0 Å². The zero-order valence-corrected chi connectivity index (χ0v) is 20.0. The van der Waals surface area contributed by atoms with Crippen LogP contribution in [0.5, 0.6) is 11.5 Å². The number of hydrogen-bond donors (Lipinski definition) is 1. The maximum absolute atomic E-state index is 11.1. The van der Waals surface area contributed by atoms with E-state index >= 15 is 0 Å². The van der Waals surface area contributed by atoms with E-state index in [0.717, 1.165) is 54.7 Å². The Kier molecular flexibility index (Phi) is 8.44. The SMILES string of the molecule is C=C(C)[C@@H]1CCC(C)=C[C@H]1c1c(O)cc(CCCCC)cc1OC(=S)SCC1CO1. The number of aromatic hydroxyl groups is 1. The van der Waals surface area contributed by atoms with Gasteiger partial charge in [0.2, 0.25) is 4.38 Å². The number of unbranched alkanes of at least 4 members (excludes halogenated alkanes) is 2. The second kappa shape index (κ2) is 10.8. The van der Waals surface area contributed by atoms with Crippen LogP contribution in [-0.4, -0.2) is 28.0 Å². The van der Waals surface area contributed by atoms with Crippen molar-refractivity contribution < 1.29 is 14.6 Å². The fourth-order valence-corrected chi connectivity index (χ4v) is 5.12. The molecule has 0 radical (unpaired) electrons. The van der Waals surface area contributed by atoms with Gasteiger partial charge >= 0.3 is 0 Å². The summed E-state index contributed by atoms with van der Waals surface area (Å²) in [7, 11) is 0. The third-order valence-corrected chi connectivity index (χ3v) is 7.24. The van der Waals surface area contributed by atoms with Gasteiger partial charge in [-0.05, 0) is 75.4 Å². The molecule has 30 heavy (non-hydrogen) atoms. The molecule has 5 heteroatoms. The summed E-state index contributed by atoms with van der Waals surface area (Å²) in [6.45, 7) is 11.5. The molecule has 1 fully saturated rings. The molecule has 1 heterocycles. The minimum atomic E-state index is 0.0514. The Labute approximate surface area is 190 Å². The summed E-state index contributed by atoms with van der Waals surface area (Å²) in [5.74, 6) is 2.15. The number of phenolic OH excluding ortho intramolecular Hbond substituents is 1. The number of aryl methyl sites for hydroxylation is 1. The molecule has 1 N–H and O–H groups in total. The van der Waals surface area contributed by atoms with Crippen LogP contribution in [0.1, 0.15) is 69.9 Å². The van der Waals surface area contributed by atoms with Gasteiger partial charge in [0.1, 0.15) is 11.5 Å². The second-order valence-corrected chi connectivity index (χ2v) is 10.3. The first kappa shape index (κ1) is 23.4. The zero-order chi connectivity index (χ0) is 21.7. The molecule has 1 aromatic carbocycles. The van der Waals surface area contributed by atoms with Crippen LogP contribution in [0, 0.1) is 5.92 Å². The number of epoxide rings is 1. The van der Waals surface area contributed by atoms with Gasteiger partial charge in [0.05, 0.1) is 12.7 Å². The van der Waals surface area contributed by atoms with Gasteiger partial charge in [-0.3, -0.25) is 0 Å². The summed E-state index contributed by atoms with van der Waals surface area (Å²) >= 11 is 7.02. The molecule has 2 aliphatic rings. The van der Waals surface area contributed by atoms with Gasteiger partial charge in [0.25, 0.3) is 0 Å². The Morgan fingerprint density at radius 1 is 1.37 bits per heavy atom. The Balaban J connectivity index is 1.92. The number of rotatable bonds is 9. The number of thiocarbonyl (C=S) groups is 1. The lowest BCUT2D eigenvalue weighted by Gasteiger charge is -2.32. The quantitative estimate of drug-likeness (QED) is 0.193. The third kappa shape index (κ3) is 6.35. The first-order chi connectivity index (χ1) is 14.4. The highest BCUT2D eigenvalue weighted by molar-refractivity contribution is 8.22. The van der Waals surface area contributed by atoms with E-state index in [1.54, 1.807) is 0 Å². The average molecular weight is 447 g/mol. The first-order valence-corrected chi connectivity index (χ1v) is 12.4. The summed E-state index contributed by atoms with van der Waals surface area (Å²) < 4.78 is 12.0. The van der Waals surface area contributed by atoms with Crippen LogP contribution in [0.4, 0.5) is 0 Å². The highest BCUT2D eigenvalue weighted by atomic mass is 32.2. The molecule has 3 rings (SSSR count). The van der Waals surface area contributed by atoms with Gasteiger partial charge in [0.15, 0.2) is 0 Å². The van der Waals surface area contributed by atoms with Gasteiger partial charge in [-0.25, -0.2) is 0 Å². The Morgan fingerprint density at radius 2 is 2.13 bits per heavy atom. The van der Waals surface area contributed by atoms with Crippen LogP contribution in [0.25, 0.3) is 0 Å². The first-order valence-electron chi connectivity index (χ1n) is 11.0. The highest BCUT2D eigenvalue weighted by Crippen LogP contribution is 2.47. The third-order valence-electron chi connectivity index (χ3n) is 5.95. The number of hydrogen-bond acceptors (Lipinski definition) is 5. The Morgan fingerprint density at radius 3 is 2.80 bits per heavy atom. The van der Waals surface area contributed by atoms with Crippen molar-refractivity contribution in [3.63, 3.8) is 0 Å². The molecule has 0 bridgehead atoms. The molecule has 0 amide bonds. The van der Waals surface area contributed by atoms with Crippen molar-refractivity contribution in [3.8, 4) is 11.5 Å². The molecule has 164 valence electrons. The molecule has 1 aliphatic heterocycles. The van der Waals surface area contributed by atoms with Gasteiger partial charge in [0, 0.05) is 17.2 Å². The van der Waals surface area contributed by atoms with E-state index in [0.29, 0.717) is 22.0 Å². The van der Waals surface area contributed by atoms with Crippen molar-refractivity contribution in [2.75, 3.05) is 12.4 Å². The van der Waals surface area contributed by atoms with Crippen LogP contribution in [0.15, 0.2) is 35.9 Å². The monoisotopic (exact) mass is 446 g/mol. The predicted octanol–water partition coefficient (Wildman–Crippen LogP) is 6.94. The fraction of sp³-hybridized carbons (Fsp3) is 0.560. The van der Waals surface area contributed by atoms with Crippen LogP contribution in [-0.2, 0) is 11.2 Å². The lowest BCUT2D eigenvalue weighted by atomic mass is 9.73. The fourth-order valence-electron chi connectivity index (χ4n) is 4.16. The molecular formula is C25H34O3S2. The van der Waals surface area contributed by atoms with E-state index < -0.39 is 0 Å². The van der Waals surface area contributed by atoms with Gasteiger partial charge in [-0.2, -0.15) is 0 Å². The summed E-state index contributed by atoms with van der Waals surface area (Å²) in [6.07, 6.45) is 9.05. The smallest absolute Gasteiger partial charge is 0.225 e. The van der Waals surface area contributed by atoms with Crippen molar-refractivity contribution in [3.05, 3.63) is 47.1 Å². The predicted molar refractivity (Wildman–Crippen MR) is 131 cm³/mol. The normalized spacial score (nSPS) is 23.0. The maximum atomic E-state index is 11.1. The van der Waals surface area contributed by atoms with Crippen molar-refractivity contribution in [2.45, 2.75) is 71.3 Å². The van der Waals surface area contributed by atoms with Crippen molar-refractivity contribution in [2.24, 2.45) is 5.92 Å². The molecule has 3 atom stereocenters. The molecule has 0 aromatic heterocycles. The Hall–Kier alpha value is -1.30. The molecule has 1 unspecified atom stereocenters. The van der Waals surface area contributed by atoms with Gasteiger partial charge in [-0.1, -0.05) is 55.3 Å². The molecule has 1 saturated heterocycles. The van der Waals surface area contributed by atoms with Crippen LogP contribution in [0.2, 0.25) is 0 Å². The molecule has 3 nitrogen and oxygen atoms in total. The van der Waals surface area contributed by atoms with Crippen molar-refractivity contribution in [1.29, 1.82) is 0 Å². The minimum absolute atomic E-state index is 0.0514. The van der Waals surface area contributed by atoms with Crippen LogP contribution >= 0.6 is 24.0 Å². The zero-order valence-electron chi connectivity index (χ0n) is 18.4. The molecule has 1 aliphatic carbocycles. The summed E-state index contributed by atoms with van der Waals surface area (Å²) in [5, 5.41) is 11.1. The number of benzene rings is 1. The summed E-state index contributed by atoms with van der Waals surface area (Å²) in [4.78, 5) is 0. The lowest BCUT2D eigenvalue weighted by molar-refractivity contribution is 0.423. The van der Waals surface area contributed by atoms with Crippen molar-refractivity contribution >= 4 is 28.4 Å². The molecular weight excluding hydrogens is 412 g/mol. The maximum Gasteiger partial charge on any atom is 0.225 e. The van der Waals surface area contributed by atoms with E-state index in [9.17, 15) is 5.11 Å². The summed E-state index contributed by atoms with van der Waals surface area (Å²) in [6, 6.07) is 4.00. The largest absolute Gasteiger partial charge is 0.507 e. The topological polar surface area (TPSA) is 42.0 Å².